The lowest BCUT2D eigenvalue weighted by Gasteiger charge is -2.08. The van der Waals surface area contributed by atoms with Crippen molar-refractivity contribution >= 4 is 20.9 Å². The highest BCUT2D eigenvalue weighted by Crippen LogP contribution is 2.20. The maximum atomic E-state index is 12.1. The lowest BCUT2D eigenvalue weighted by Crippen LogP contribution is -2.10. The van der Waals surface area contributed by atoms with Crippen LogP contribution in [0.3, 0.4) is 0 Å². The summed E-state index contributed by atoms with van der Waals surface area (Å²) >= 11 is 0. The Morgan fingerprint density at radius 3 is 2.32 bits per heavy atom. The van der Waals surface area contributed by atoms with Gasteiger partial charge in [-0.05, 0) is 42.0 Å². The highest BCUT2D eigenvalue weighted by atomic mass is 32.2. The highest BCUT2D eigenvalue weighted by molar-refractivity contribution is 7.86. The summed E-state index contributed by atoms with van der Waals surface area (Å²) in [6, 6.07) is 20.5. The highest BCUT2D eigenvalue weighted by Gasteiger charge is 2.14. The number of ether oxygens (including phenoxy) is 1. The van der Waals surface area contributed by atoms with Crippen LogP contribution >= 0.6 is 0 Å². The van der Waals surface area contributed by atoms with E-state index in [1.54, 1.807) is 24.3 Å². The van der Waals surface area contributed by atoms with Gasteiger partial charge in [-0.2, -0.15) is 8.42 Å². The molecule has 0 amide bonds. The molecule has 3 aromatic rings. The van der Waals surface area contributed by atoms with Crippen LogP contribution in [0.25, 0.3) is 10.8 Å². The Balaban J connectivity index is 1.48. The molecule has 0 saturated carbocycles. The maximum Gasteiger partial charge on any atom is 0.296 e. The molecule has 3 aromatic carbocycles. The van der Waals surface area contributed by atoms with Crippen LogP contribution in [0.4, 0.5) is 0 Å². The predicted molar refractivity (Wildman–Crippen MR) is 98.4 cm³/mol. The normalized spacial score (nSPS) is 11.6. The topological polar surface area (TPSA) is 52.6 Å². The molecule has 0 aliphatic carbocycles. The summed E-state index contributed by atoms with van der Waals surface area (Å²) in [6.45, 7) is 2.38. The third-order valence-corrected chi connectivity index (χ3v) is 5.15. The molecule has 0 spiro atoms. The van der Waals surface area contributed by atoms with E-state index in [9.17, 15) is 8.42 Å². The molecule has 4 nitrogen and oxygen atoms in total. The van der Waals surface area contributed by atoms with Gasteiger partial charge < -0.3 is 4.74 Å². The van der Waals surface area contributed by atoms with Crippen LogP contribution in [0.5, 0.6) is 5.75 Å². The second-order valence-electron chi connectivity index (χ2n) is 5.80. The van der Waals surface area contributed by atoms with Crippen LogP contribution in [-0.4, -0.2) is 21.6 Å². The van der Waals surface area contributed by atoms with Gasteiger partial charge >= 0.3 is 0 Å². The smallest absolute Gasteiger partial charge is 0.296 e. The molecule has 0 saturated heterocycles. The van der Waals surface area contributed by atoms with E-state index in [1.165, 1.54) is 0 Å². The molecule has 0 bridgehead atoms. The zero-order chi connectivity index (χ0) is 17.7. The lowest BCUT2D eigenvalue weighted by molar-refractivity contribution is 0.251. The van der Waals surface area contributed by atoms with Crippen molar-refractivity contribution < 1.29 is 17.3 Å². The van der Waals surface area contributed by atoms with E-state index in [4.69, 9.17) is 8.92 Å². The first-order chi connectivity index (χ1) is 12.0. The molecule has 0 atom stereocenters. The van der Waals surface area contributed by atoms with Gasteiger partial charge in [0, 0.05) is 6.42 Å². The molecule has 25 heavy (non-hydrogen) atoms. The number of hydrogen-bond acceptors (Lipinski definition) is 4. The molecule has 0 aromatic heterocycles. The van der Waals surface area contributed by atoms with Gasteiger partial charge in [0.1, 0.15) is 5.75 Å². The minimum atomic E-state index is -3.71. The standard InChI is InChI=1S/C20H20O4S/c1-16-7-11-20(12-8-16)25(21,22)24-14-4-13-23-19-10-9-17-5-2-3-6-18(17)15-19/h2-3,5-12,15H,4,13-14H2,1H3. The maximum absolute atomic E-state index is 12.1. The Labute approximate surface area is 148 Å². The van der Waals surface area contributed by atoms with E-state index in [0.717, 1.165) is 22.1 Å². The van der Waals surface area contributed by atoms with Gasteiger partial charge in [-0.3, -0.25) is 4.18 Å². The molecule has 0 unspecified atom stereocenters. The fraction of sp³-hybridized carbons (Fsp3) is 0.200. The van der Waals surface area contributed by atoms with Crippen molar-refractivity contribution in [1.82, 2.24) is 0 Å². The second-order valence-corrected chi connectivity index (χ2v) is 7.42. The van der Waals surface area contributed by atoms with Gasteiger partial charge in [-0.25, -0.2) is 0 Å². The zero-order valence-electron chi connectivity index (χ0n) is 14.0. The molecule has 0 N–H and O–H groups in total. The van der Waals surface area contributed by atoms with Crippen molar-refractivity contribution in [3.8, 4) is 5.75 Å². The molecular formula is C20H20O4S. The van der Waals surface area contributed by atoms with Crippen LogP contribution in [0.1, 0.15) is 12.0 Å². The van der Waals surface area contributed by atoms with Gasteiger partial charge in [-0.15, -0.1) is 0 Å². The Hall–Kier alpha value is -2.37. The minimum absolute atomic E-state index is 0.0871. The molecule has 130 valence electrons. The summed E-state index contributed by atoms with van der Waals surface area (Å²) in [6.07, 6.45) is 0.484. The largest absolute Gasteiger partial charge is 0.493 e. The molecule has 3 rings (SSSR count). The van der Waals surface area contributed by atoms with E-state index in [-0.39, 0.29) is 11.5 Å². The van der Waals surface area contributed by atoms with Crippen molar-refractivity contribution in [2.75, 3.05) is 13.2 Å². The van der Waals surface area contributed by atoms with Crippen LogP contribution < -0.4 is 4.74 Å². The third kappa shape index (κ3) is 4.59. The fourth-order valence-corrected chi connectivity index (χ4v) is 3.39. The summed E-state index contributed by atoms with van der Waals surface area (Å²) in [7, 11) is -3.71. The second kappa shape index (κ2) is 7.68. The Morgan fingerprint density at radius 1 is 0.840 bits per heavy atom. The van der Waals surface area contributed by atoms with E-state index in [0.29, 0.717) is 13.0 Å². The van der Waals surface area contributed by atoms with Gasteiger partial charge in [0.2, 0.25) is 0 Å². The summed E-state index contributed by atoms with van der Waals surface area (Å²) in [5, 5.41) is 2.26. The fourth-order valence-electron chi connectivity index (χ4n) is 2.45. The zero-order valence-corrected chi connectivity index (χ0v) is 14.8. The summed E-state index contributed by atoms with van der Waals surface area (Å²) in [5.74, 6) is 0.764. The Kier molecular flexibility index (Phi) is 5.36. The summed E-state index contributed by atoms with van der Waals surface area (Å²) in [4.78, 5) is 0.175. The van der Waals surface area contributed by atoms with E-state index in [1.807, 2.05) is 49.4 Å². The average molecular weight is 356 g/mol. The molecular weight excluding hydrogens is 336 g/mol. The van der Waals surface area contributed by atoms with Crippen LogP contribution in [0, 0.1) is 6.92 Å². The molecule has 0 fully saturated rings. The first-order valence-corrected chi connectivity index (χ1v) is 9.53. The SMILES string of the molecule is Cc1ccc(S(=O)(=O)OCCCOc2ccc3ccccc3c2)cc1. The van der Waals surface area contributed by atoms with Crippen molar-refractivity contribution in [1.29, 1.82) is 0 Å². The minimum Gasteiger partial charge on any atom is -0.493 e. The molecule has 0 aliphatic rings. The summed E-state index contributed by atoms with van der Waals surface area (Å²) < 4.78 is 34.9. The number of aryl methyl sites for hydroxylation is 1. The number of rotatable bonds is 7. The van der Waals surface area contributed by atoms with Gasteiger partial charge in [0.15, 0.2) is 0 Å². The molecule has 0 heterocycles. The lowest BCUT2D eigenvalue weighted by atomic mass is 10.1. The van der Waals surface area contributed by atoms with E-state index >= 15 is 0 Å². The van der Waals surface area contributed by atoms with Crippen LogP contribution in [0.15, 0.2) is 71.6 Å². The molecule has 5 heteroatoms. The van der Waals surface area contributed by atoms with Crippen molar-refractivity contribution in [3.05, 3.63) is 72.3 Å². The summed E-state index contributed by atoms with van der Waals surface area (Å²) in [5.41, 5.74) is 1.00. The van der Waals surface area contributed by atoms with E-state index in [2.05, 4.69) is 0 Å². The first-order valence-electron chi connectivity index (χ1n) is 8.12. The van der Waals surface area contributed by atoms with Gasteiger partial charge in [-0.1, -0.05) is 48.0 Å². The Bertz CT molecular complexity index is 947. The molecule has 0 radical (unpaired) electrons. The van der Waals surface area contributed by atoms with Crippen molar-refractivity contribution in [3.63, 3.8) is 0 Å². The van der Waals surface area contributed by atoms with Crippen molar-refractivity contribution in [2.24, 2.45) is 0 Å². The number of benzene rings is 3. The van der Waals surface area contributed by atoms with Gasteiger partial charge in [0.25, 0.3) is 10.1 Å². The van der Waals surface area contributed by atoms with E-state index < -0.39 is 10.1 Å². The van der Waals surface area contributed by atoms with Gasteiger partial charge in [0.05, 0.1) is 18.1 Å². The Morgan fingerprint density at radius 2 is 1.56 bits per heavy atom. The van der Waals surface area contributed by atoms with Crippen LogP contribution in [0.2, 0.25) is 0 Å². The molecule has 0 aliphatic heterocycles. The monoisotopic (exact) mass is 356 g/mol. The predicted octanol–water partition coefficient (Wildman–Crippen LogP) is 4.32. The number of fused-ring (bicyclic) bond motifs is 1. The van der Waals surface area contributed by atoms with Crippen molar-refractivity contribution in [2.45, 2.75) is 18.2 Å². The average Bonchev–Trinajstić information content (AvgIpc) is 2.61. The van der Waals surface area contributed by atoms with Crippen LogP contribution in [-0.2, 0) is 14.3 Å². The quantitative estimate of drug-likeness (QED) is 0.467. The third-order valence-electron chi connectivity index (χ3n) is 3.83. The number of hydrogen-bond donors (Lipinski definition) is 0. The first kappa shape index (κ1) is 17.5.